The molecule has 0 bridgehead atoms. The molecular weight excluding hydrogens is 472 g/mol. The molecule has 2 nitrogen and oxygen atoms in total. The van der Waals surface area contributed by atoms with Crippen molar-refractivity contribution in [1.82, 2.24) is 0 Å². The minimum absolute atomic E-state index is 0.0483. The van der Waals surface area contributed by atoms with Crippen LogP contribution >= 0.6 is 0 Å². The zero-order valence-electron chi connectivity index (χ0n) is 24.1. The summed E-state index contributed by atoms with van der Waals surface area (Å²) in [4.78, 5) is 2.48. The molecule has 0 radical (unpaired) electrons. The highest BCUT2D eigenvalue weighted by Crippen LogP contribution is 2.50. The molecule has 4 aromatic rings. The fraction of sp³-hybridized carbons (Fsp3) is 0.270. The summed E-state index contributed by atoms with van der Waals surface area (Å²) in [6.07, 6.45) is 11.2. The molecule has 2 heterocycles. The van der Waals surface area contributed by atoms with Gasteiger partial charge >= 0.3 is 0 Å². The molecule has 0 fully saturated rings. The first-order valence-corrected chi connectivity index (χ1v) is 14.3. The summed E-state index contributed by atoms with van der Waals surface area (Å²) in [6.45, 7) is 15.8. The lowest BCUT2D eigenvalue weighted by molar-refractivity contribution is -0.431. The third-order valence-electron chi connectivity index (χ3n) is 8.89. The summed E-state index contributed by atoms with van der Waals surface area (Å²) in [6, 6.07) is 26.7. The third kappa shape index (κ3) is 3.80. The number of benzene rings is 4. The van der Waals surface area contributed by atoms with Crippen molar-refractivity contribution in [2.24, 2.45) is 0 Å². The second-order valence-electron chi connectivity index (χ2n) is 11.8. The van der Waals surface area contributed by atoms with Gasteiger partial charge in [0.25, 0.3) is 0 Å². The number of allylic oxidation sites excluding steroid dienone is 6. The molecule has 2 heteroatoms. The number of likely N-dealkylation sites (N-methyl/N-ethyl adjacent to an activating group) is 1. The average Bonchev–Trinajstić information content (AvgIpc) is 3.31. The van der Waals surface area contributed by atoms with Gasteiger partial charge in [-0.2, -0.15) is 4.58 Å². The summed E-state index contributed by atoms with van der Waals surface area (Å²) < 4.78 is 2.50. The van der Waals surface area contributed by atoms with Gasteiger partial charge in [-0.3, -0.25) is 0 Å². The van der Waals surface area contributed by atoms with Crippen LogP contribution in [-0.2, 0) is 10.8 Å². The molecule has 196 valence electrons. The first-order chi connectivity index (χ1) is 18.8. The lowest BCUT2D eigenvalue weighted by Crippen LogP contribution is -2.27. The molecule has 0 atom stereocenters. The topological polar surface area (TPSA) is 6.25 Å². The van der Waals surface area contributed by atoms with Gasteiger partial charge in [0.15, 0.2) is 5.71 Å². The molecule has 6 rings (SSSR count). The van der Waals surface area contributed by atoms with Crippen LogP contribution in [0.15, 0.2) is 109 Å². The number of hydrogen-bond acceptors (Lipinski definition) is 1. The van der Waals surface area contributed by atoms with E-state index in [0.717, 1.165) is 13.1 Å². The van der Waals surface area contributed by atoms with Crippen molar-refractivity contribution < 1.29 is 4.58 Å². The van der Waals surface area contributed by atoms with Crippen molar-refractivity contribution in [3.8, 4) is 0 Å². The molecule has 0 amide bonds. The molecule has 0 aromatic heterocycles. The SMILES string of the molecule is CCN1/C(=C/C=C/C=C/C2=[N+](CC)c3c(ccc4ccccc34)C2(C)C)C(C)(C)c2c1ccc1ccccc21. The molecular formula is C37H39N2+. The van der Waals surface area contributed by atoms with E-state index in [2.05, 4.69) is 154 Å². The van der Waals surface area contributed by atoms with Gasteiger partial charge in [-0.05, 0) is 67.6 Å². The van der Waals surface area contributed by atoms with E-state index in [0.29, 0.717) is 0 Å². The molecule has 0 saturated heterocycles. The van der Waals surface area contributed by atoms with Gasteiger partial charge in [0, 0.05) is 35.0 Å². The van der Waals surface area contributed by atoms with Gasteiger partial charge in [-0.1, -0.05) is 92.7 Å². The maximum atomic E-state index is 2.50. The molecule has 2 aliphatic heterocycles. The predicted octanol–water partition coefficient (Wildman–Crippen LogP) is 9.20. The van der Waals surface area contributed by atoms with Crippen LogP contribution in [0.5, 0.6) is 0 Å². The van der Waals surface area contributed by atoms with E-state index < -0.39 is 0 Å². The Kier molecular flexibility index (Phi) is 6.10. The van der Waals surface area contributed by atoms with E-state index in [1.54, 1.807) is 0 Å². The lowest BCUT2D eigenvalue weighted by Gasteiger charge is -2.26. The molecule has 39 heavy (non-hydrogen) atoms. The van der Waals surface area contributed by atoms with Crippen molar-refractivity contribution in [2.45, 2.75) is 52.4 Å². The third-order valence-corrected chi connectivity index (χ3v) is 8.89. The fourth-order valence-corrected chi connectivity index (χ4v) is 7.01. The Morgan fingerprint density at radius 2 is 1.38 bits per heavy atom. The van der Waals surface area contributed by atoms with Crippen LogP contribution in [0.1, 0.15) is 52.7 Å². The van der Waals surface area contributed by atoms with Crippen molar-refractivity contribution in [3.63, 3.8) is 0 Å². The first kappa shape index (κ1) is 25.4. The van der Waals surface area contributed by atoms with Crippen LogP contribution in [0.2, 0.25) is 0 Å². The Balaban J connectivity index is 1.35. The van der Waals surface area contributed by atoms with Crippen LogP contribution in [0, 0.1) is 0 Å². The summed E-state index contributed by atoms with van der Waals surface area (Å²) in [5.41, 5.74) is 8.13. The Morgan fingerprint density at radius 3 is 2.10 bits per heavy atom. The Bertz CT molecular complexity index is 1730. The van der Waals surface area contributed by atoms with E-state index in [1.165, 1.54) is 55.5 Å². The highest BCUT2D eigenvalue weighted by molar-refractivity contribution is 6.07. The normalized spacial score (nSPS) is 18.8. The highest BCUT2D eigenvalue weighted by atomic mass is 15.2. The molecule has 0 unspecified atom stereocenters. The summed E-state index contributed by atoms with van der Waals surface area (Å²) in [5.74, 6) is 0. The van der Waals surface area contributed by atoms with E-state index in [4.69, 9.17) is 0 Å². The number of hydrogen-bond donors (Lipinski definition) is 0. The average molecular weight is 512 g/mol. The molecule has 0 saturated carbocycles. The van der Waals surface area contributed by atoms with Gasteiger partial charge in [0.2, 0.25) is 5.69 Å². The Labute approximate surface area is 233 Å². The zero-order valence-corrected chi connectivity index (χ0v) is 24.1. The van der Waals surface area contributed by atoms with Crippen LogP contribution < -0.4 is 4.90 Å². The molecule has 0 spiro atoms. The van der Waals surface area contributed by atoms with E-state index in [1.807, 2.05) is 0 Å². The smallest absolute Gasteiger partial charge is 0.217 e. The number of rotatable bonds is 5. The van der Waals surface area contributed by atoms with Gasteiger partial charge in [0.05, 0.1) is 10.8 Å². The van der Waals surface area contributed by atoms with Crippen molar-refractivity contribution in [2.75, 3.05) is 18.0 Å². The van der Waals surface area contributed by atoms with Gasteiger partial charge in [0.1, 0.15) is 6.54 Å². The maximum Gasteiger partial charge on any atom is 0.217 e. The number of anilines is 1. The van der Waals surface area contributed by atoms with E-state index in [9.17, 15) is 0 Å². The number of nitrogens with zero attached hydrogens (tertiary/aromatic N) is 2. The minimum atomic E-state index is -0.0653. The largest absolute Gasteiger partial charge is 0.344 e. The molecule has 0 aliphatic carbocycles. The predicted molar refractivity (Wildman–Crippen MR) is 169 cm³/mol. The second kappa shape index (κ2) is 9.38. The molecule has 0 N–H and O–H groups in total. The highest BCUT2D eigenvalue weighted by Gasteiger charge is 2.44. The standard InChI is InChI=1S/C37H39N2/c1-7-38-31-25-23-26-16-12-14-18-28(26)34(31)37(5,6)33(38)21-11-9-10-20-32-36(3,4)30-24-22-27-17-13-15-19-29(27)35(30)39(32)8-2/h9-25H,7-8H2,1-6H3/q+1. The number of fused-ring (bicyclic) bond motifs is 6. The Morgan fingerprint density at radius 1 is 0.718 bits per heavy atom. The van der Waals surface area contributed by atoms with Crippen molar-refractivity contribution in [3.05, 3.63) is 120 Å². The van der Waals surface area contributed by atoms with E-state index >= 15 is 0 Å². The van der Waals surface area contributed by atoms with Crippen LogP contribution in [0.25, 0.3) is 21.5 Å². The van der Waals surface area contributed by atoms with Crippen molar-refractivity contribution >= 4 is 38.6 Å². The van der Waals surface area contributed by atoms with Crippen LogP contribution in [0.4, 0.5) is 11.4 Å². The molecule has 4 aromatic carbocycles. The quantitative estimate of drug-likeness (QED) is 0.191. The minimum Gasteiger partial charge on any atom is -0.344 e. The van der Waals surface area contributed by atoms with Crippen LogP contribution in [-0.4, -0.2) is 23.4 Å². The van der Waals surface area contributed by atoms with E-state index in [-0.39, 0.29) is 10.8 Å². The first-order valence-electron chi connectivity index (χ1n) is 14.3. The van der Waals surface area contributed by atoms with Gasteiger partial charge < -0.3 is 4.90 Å². The summed E-state index contributed by atoms with van der Waals surface area (Å²) in [5, 5.41) is 5.31. The van der Waals surface area contributed by atoms with Crippen LogP contribution in [0.3, 0.4) is 0 Å². The second-order valence-corrected chi connectivity index (χ2v) is 11.8. The summed E-state index contributed by atoms with van der Waals surface area (Å²) >= 11 is 0. The summed E-state index contributed by atoms with van der Waals surface area (Å²) in [7, 11) is 0. The van der Waals surface area contributed by atoms with Gasteiger partial charge in [-0.15, -0.1) is 0 Å². The van der Waals surface area contributed by atoms with Gasteiger partial charge in [-0.25, -0.2) is 0 Å². The maximum absolute atomic E-state index is 2.50. The Hall–Kier alpha value is -3.91. The fourth-order valence-electron chi connectivity index (χ4n) is 7.01. The van der Waals surface area contributed by atoms with Crippen molar-refractivity contribution in [1.29, 1.82) is 0 Å². The zero-order chi connectivity index (χ0) is 27.4. The monoisotopic (exact) mass is 511 g/mol. The lowest BCUT2D eigenvalue weighted by atomic mass is 9.80. The molecule has 2 aliphatic rings.